The minimum atomic E-state index is -0.308. The van der Waals surface area contributed by atoms with Crippen LogP contribution >= 0.6 is 15.9 Å². The molecule has 6 heteroatoms. The van der Waals surface area contributed by atoms with E-state index in [1.165, 1.54) is 0 Å². The number of halogens is 1. The van der Waals surface area contributed by atoms with Gasteiger partial charge in [0.1, 0.15) is 13.2 Å². The highest BCUT2D eigenvalue weighted by Crippen LogP contribution is 2.15. The Morgan fingerprint density at radius 1 is 1.04 bits per heavy atom. The smallest absolute Gasteiger partial charge is 0.250 e. The molecule has 0 aliphatic heterocycles. The summed E-state index contributed by atoms with van der Waals surface area (Å²) in [6.45, 7) is 1.55. The van der Waals surface area contributed by atoms with Gasteiger partial charge in [-0.15, -0.1) is 0 Å². The number of benzene rings is 2. The van der Waals surface area contributed by atoms with Crippen LogP contribution in [-0.4, -0.2) is 25.0 Å². The maximum Gasteiger partial charge on any atom is 0.250 e. The minimum absolute atomic E-state index is 0.113. The number of carbonyl (C=O) groups excluding carboxylic acids is 2. The van der Waals surface area contributed by atoms with Crippen LogP contribution in [0.25, 0.3) is 0 Å². The zero-order chi connectivity index (χ0) is 17.4. The SMILES string of the molecule is C[C@H](NC(=O)COCC(=O)Nc1cccc(Br)c1)c1ccccc1. The number of rotatable bonds is 7. The molecule has 0 heterocycles. The van der Waals surface area contributed by atoms with Gasteiger partial charge in [0.15, 0.2) is 0 Å². The van der Waals surface area contributed by atoms with Crippen LogP contribution in [0.1, 0.15) is 18.5 Å². The summed E-state index contributed by atoms with van der Waals surface area (Å²) < 4.78 is 6.03. The number of hydrogen-bond acceptors (Lipinski definition) is 3. The molecule has 126 valence electrons. The van der Waals surface area contributed by atoms with E-state index in [9.17, 15) is 9.59 Å². The molecule has 0 saturated heterocycles. The van der Waals surface area contributed by atoms with E-state index in [4.69, 9.17) is 4.74 Å². The van der Waals surface area contributed by atoms with Crippen molar-refractivity contribution in [2.45, 2.75) is 13.0 Å². The summed E-state index contributed by atoms with van der Waals surface area (Å²) in [5, 5.41) is 5.52. The van der Waals surface area contributed by atoms with Crippen molar-refractivity contribution >= 4 is 33.4 Å². The summed E-state index contributed by atoms with van der Waals surface area (Å²) in [5.41, 5.74) is 1.68. The monoisotopic (exact) mass is 390 g/mol. The number of carbonyl (C=O) groups is 2. The van der Waals surface area contributed by atoms with Crippen LogP contribution in [0.5, 0.6) is 0 Å². The van der Waals surface area contributed by atoms with Crippen LogP contribution in [0, 0.1) is 0 Å². The van der Waals surface area contributed by atoms with E-state index in [0.29, 0.717) is 5.69 Å². The summed E-state index contributed by atoms with van der Waals surface area (Å²) in [4.78, 5) is 23.6. The van der Waals surface area contributed by atoms with Crippen LogP contribution in [0.2, 0.25) is 0 Å². The van der Waals surface area contributed by atoms with Gasteiger partial charge in [0.25, 0.3) is 0 Å². The molecule has 0 aliphatic carbocycles. The van der Waals surface area contributed by atoms with Gasteiger partial charge in [-0.3, -0.25) is 9.59 Å². The van der Waals surface area contributed by atoms with Crippen LogP contribution in [0.4, 0.5) is 5.69 Å². The van der Waals surface area contributed by atoms with E-state index in [1.54, 1.807) is 12.1 Å². The Morgan fingerprint density at radius 2 is 1.75 bits per heavy atom. The maximum atomic E-state index is 11.8. The predicted molar refractivity (Wildman–Crippen MR) is 96.6 cm³/mol. The predicted octanol–water partition coefficient (Wildman–Crippen LogP) is 3.28. The van der Waals surface area contributed by atoms with Crippen molar-refractivity contribution in [1.82, 2.24) is 5.32 Å². The third-order valence-electron chi connectivity index (χ3n) is 3.25. The van der Waals surface area contributed by atoms with E-state index in [1.807, 2.05) is 49.4 Å². The normalized spacial score (nSPS) is 11.6. The summed E-state index contributed by atoms with van der Waals surface area (Å²) in [6, 6.07) is 16.8. The highest BCUT2D eigenvalue weighted by Gasteiger charge is 2.10. The van der Waals surface area contributed by atoms with Crippen molar-refractivity contribution in [3.05, 3.63) is 64.6 Å². The van der Waals surface area contributed by atoms with Gasteiger partial charge in [-0.1, -0.05) is 52.3 Å². The molecule has 2 aromatic rings. The molecule has 0 bridgehead atoms. The molecule has 2 aromatic carbocycles. The molecule has 1 atom stereocenters. The zero-order valence-electron chi connectivity index (χ0n) is 13.3. The van der Waals surface area contributed by atoms with E-state index in [2.05, 4.69) is 26.6 Å². The fourth-order valence-electron chi connectivity index (χ4n) is 2.11. The topological polar surface area (TPSA) is 67.4 Å². The first kappa shape index (κ1) is 18.2. The summed E-state index contributed by atoms with van der Waals surface area (Å²) in [6.07, 6.45) is 0. The quantitative estimate of drug-likeness (QED) is 0.761. The summed E-state index contributed by atoms with van der Waals surface area (Å²) in [5.74, 6) is -0.571. The third-order valence-corrected chi connectivity index (χ3v) is 3.75. The average molecular weight is 391 g/mol. The Bertz CT molecular complexity index is 692. The molecule has 2 amide bonds. The summed E-state index contributed by atoms with van der Waals surface area (Å²) in [7, 11) is 0. The fraction of sp³-hybridized carbons (Fsp3) is 0.222. The second-order valence-electron chi connectivity index (χ2n) is 5.25. The lowest BCUT2D eigenvalue weighted by Crippen LogP contribution is -2.31. The van der Waals surface area contributed by atoms with Crippen LogP contribution in [-0.2, 0) is 14.3 Å². The highest BCUT2D eigenvalue weighted by molar-refractivity contribution is 9.10. The molecule has 24 heavy (non-hydrogen) atoms. The van der Waals surface area contributed by atoms with E-state index >= 15 is 0 Å². The Hall–Kier alpha value is -2.18. The van der Waals surface area contributed by atoms with E-state index < -0.39 is 0 Å². The Kier molecular flexibility index (Phi) is 6.96. The second-order valence-corrected chi connectivity index (χ2v) is 6.17. The molecular weight excluding hydrogens is 372 g/mol. The van der Waals surface area contributed by atoms with E-state index in [-0.39, 0.29) is 31.1 Å². The first-order valence-electron chi connectivity index (χ1n) is 7.52. The van der Waals surface area contributed by atoms with Crippen molar-refractivity contribution in [3.63, 3.8) is 0 Å². The first-order chi connectivity index (χ1) is 11.5. The van der Waals surface area contributed by atoms with Gasteiger partial charge >= 0.3 is 0 Å². The van der Waals surface area contributed by atoms with Gasteiger partial charge in [-0.2, -0.15) is 0 Å². The standard InChI is InChI=1S/C18H19BrN2O3/c1-13(14-6-3-2-4-7-14)20-17(22)11-24-12-18(23)21-16-9-5-8-15(19)10-16/h2-10,13H,11-12H2,1H3,(H,20,22)(H,21,23)/t13-/m0/s1. The van der Waals surface area contributed by atoms with Crippen molar-refractivity contribution < 1.29 is 14.3 Å². The Labute approximate surface area is 149 Å². The van der Waals surface area contributed by atoms with Crippen LogP contribution in [0.3, 0.4) is 0 Å². The Morgan fingerprint density at radius 3 is 2.46 bits per heavy atom. The van der Waals surface area contributed by atoms with Gasteiger partial charge in [-0.05, 0) is 30.7 Å². The lowest BCUT2D eigenvalue weighted by Gasteiger charge is -2.14. The maximum absolute atomic E-state index is 11.8. The largest absolute Gasteiger partial charge is 0.362 e. The van der Waals surface area contributed by atoms with Gasteiger partial charge < -0.3 is 15.4 Å². The number of amides is 2. The van der Waals surface area contributed by atoms with Crippen molar-refractivity contribution in [3.8, 4) is 0 Å². The average Bonchev–Trinajstić information content (AvgIpc) is 2.55. The molecule has 0 radical (unpaired) electrons. The van der Waals surface area contributed by atoms with Gasteiger partial charge in [-0.25, -0.2) is 0 Å². The minimum Gasteiger partial charge on any atom is -0.362 e. The lowest BCUT2D eigenvalue weighted by atomic mass is 10.1. The zero-order valence-corrected chi connectivity index (χ0v) is 14.9. The Balaban J connectivity index is 1.69. The summed E-state index contributed by atoms with van der Waals surface area (Å²) >= 11 is 3.33. The van der Waals surface area contributed by atoms with Crippen molar-refractivity contribution in [2.75, 3.05) is 18.5 Å². The van der Waals surface area contributed by atoms with Crippen molar-refractivity contribution in [1.29, 1.82) is 0 Å². The molecule has 0 spiro atoms. The number of hydrogen-bond donors (Lipinski definition) is 2. The molecular formula is C18H19BrN2O3. The molecule has 0 aromatic heterocycles. The van der Waals surface area contributed by atoms with Crippen LogP contribution in [0.15, 0.2) is 59.1 Å². The second kappa shape index (κ2) is 9.20. The molecule has 0 saturated carbocycles. The van der Waals surface area contributed by atoms with E-state index in [0.717, 1.165) is 10.0 Å². The van der Waals surface area contributed by atoms with Gasteiger partial charge in [0, 0.05) is 10.2 Å². The van der Waals surface area contributed by atoms with Gasteiger partial charge in [0.2, 0.25) is 11.8 Å². The molecule has 0 aliphatic rings. The molecule has 0 fully saturated rings. The number of ether oxygens (including phenoxy) is 1. The number of anilines is 1. The van der Waals surface area contributed by atoms with Crippen LogP contribution < -0.4 is 10.6 Å². The first-order valence-corrected chi connectivity index (χ1v) is 8.31. The lowest BCUT2D eigenvalue weighted by molar-refractivity contribution is -0.129. The fourth-order valence-corrected chi connectivity index (χ4v) is 2.51. The molecule has 0 unspecified atom stereocenters. The molecule has 2 N–H and O–H groups in total. The molecule has 2 rings (SSSR count). The highest BCUT2D eigenvalue weighted by atomic mass is 79.9. The van der Waals surface area contributed by atoms with Gasteiger partial charge in [0.05, 0.1) is 6.04 Å². The molecule has 5 nitrogen and oxygen atoms in total. The number of nitrogens with one attached hydrogen (secondary N) is 2. The van der Waals surface area contributed by atoms with Crippen molar-refractivity contribution in [2.24, 2.45) is 0 Å². The third kappa shape index (κ3) is 6.14.